The molecule has 1 fully saturated rings. The minimum atomic E-state index is -0.930. The molecule has 2 N–H and O–H groups in total. The van der Waals surface area contributed by atoms with Crippen molar-refractivity contribution < 1.29 is 9.90 Å². The van der Waals surface area contributed by atoms with Crippen LogP contribution < -0.4 is 5.32 Å². The van der Waals surface area contributed by atoms with Crippen molar-refractivity contribution in [2.75, 3.05) is 6.54 Å². The van der Waals surface area contributed by atoms with Crippen LogP contribution in [0.2, 0.25) is 0 Å². The lowest BCUT2D eigenvalue weighted by Crippen LogP contribution is -2.31. The summed E-state index contributed by atoms with van der Waals surface area (Å²) in [6.07, 6.45) is 5.93. The van der Waals surface area contributed by atoms with Gasteiger partial charge in [0.1, 0.15) is 0 Å². The minimum absolute atomic E-state index is 0.0203. The molecular formula is C23H24N4O2S. The summed E-state index contributed by atoms with van der Waals surface area (Å²) >= 11 is 5.70. The van der Waals surface area contributed by atoms with Gasteiger partial charge in [-0.05, 0) is 67.2 Å². The van der Waals surface area contributed by atoms with Crippen molar-refractivity contribution in [3.8, 4) is 5.69 Å². The standard InChI is InChI=1S/C23H24N4O2S/c1-2-3-14-27-21(20(25-23(27)30)18-7-4-5-13-24-18)19-8-6-15-26(19)17-11-9-16(10-12-17)22(28)29/h4-13,15,20-21H,2-3,14H2,1H3,(H,25,30)(H,28,29)/t20-,21+/m0/s1. The number of carboxylic acids is 1. The van der Waals surface area contributed by atoms with Crippen LogP contribution in [0.3, 0.4) is 0 Å². The van der Waals surface area contributed by atoms with Crippen LogP contribution in [-0.4, -0.2) is 37.2 Å². The van der Waals surface area contributed by atoms with E-state index in [0.717, 1.165) is 41.6 Å². The summed E-state index contributed by atoms with van der Waals surface area (Å²) in [6.45, 7) is 3.03. The fourth-order valence-electron chi connectivity index (χ4n) is 3.93. The second-order valence-electron chi connectivity index (χ2n) is 7.33. The van der Waals surface area contributed by atoms with Gasteiger partial charge in [-0.1, -0.05) is 19.4 Å². The van der Waals surface area contributed by atoms with Gasteiger partial charge in [0.05, 0.1) is 23.3 Å². The van der Waals surface area contributed by atoms with Crippen LogP contribution in [0, 0.1) is 0 Å². The van der Waals surface area contributed by atoms with Crippen LogP contribution >= 0.6 is 12.2 Å². The Morgan fingerprint density at radius 1 is 1.17 bits per heavy atom. The molecule has 6 nitrogen and oxygen atoms in total. The summed E-state index contributed by atoms with van der Waals surface area (Å²) in [6, 6.07) is 16.9. The SMILES string of the molecule is CCCCN1C(=S)N[C@@H](c2ccccn2)[C@H]1c1cccn1-c1ccc(C(=O)O)cc1. The van der Waals surface area contributed by atoms with Crippen LogP contribution in [0.4, 0.5) is 0 Å². The van der Waals surface area contributed by atoms with E-state index in [2.05, 4.69) is 32.8 Å². The quantitative estimate of drug-likeness (QED) is 0.554. The van der Waals surface area contributed by atoms with E-state index in [4.69, 9.17) is 12.2 Å². The molecule has 0 amide bonds. The van der Waals surface area contributed by atoms with Crippen LogP contribution in [0.1, 0.15) is 53.6 Å². The average molecular weight is 421 g/mol. The summed E-state index contributed by atoms with van der Waals surface area (Å²) in [5.41, 5.74) is 3.20. The van der Waals surface area contributed by atoms with E-state index in [1.54, 1.807) is 18.3 Å². The van der Waals surface area contributed by atoms with E-state index in [1.165, 1.54) is 0 Å². The number of hydrogen-bond donors (Lipinski definition) is 2. The number of carbonyl (C=O) groups is 1. The fourth-order valence-corrected chi connectivity index (χ4v) is 4.26. The molecule has 30 heavy (non-hydrogen) atoms. The number of aromatic carboxylic acids is 1. The Hall–Kier alpha value is -3.19. The van der Waals surface area contributed by atoms with Gasteiger partial charge < -0.3 is 19.9 Å². The van der Waals surface area contributed by atoms with Gasteiger partial charge in [-0.3, -0.25) is 4.98 Å². The predicted octanol–water partition coefficient (Wildman–Crippen LogP) is 4.34. The molecule has 2 atom stereocenters. The molecule has 3 heterocycles. The maximum atomic E-state index is 11.2. The highest BCUT2D eigenvalue weighted by Gasteiger charge is 2.40. The van der Waals surface area contributed by atoms with Crippen molar-refractivity contribution in [1.82, 2.24) is 19.8 Å². The lowest BCUT2D eigenvalue weighted by molar-refractivity contribution is 0.0697. The topological polar surface area (TPSA) is 70.4 Å². The van der Waals surface area contributed by atoms with Crippen LogP contribution in [0.5, 0.6) is 0 Å². The summed E-state index contributed by atoms with van der Waals surface area (Å²) < 4.78 is 2.10. The molecule has 0 bridgehead atoms. The number of aromatic nitrogens is 2. The van der Waals surface area contributed by atoms with Gasteiger partial charge >= 0.3 is 5.97 Å². The van der Waals surface area contributed by atoms with E-state index in [-0.39, 0.29) is 17.6 Å². The highest BCUT2D eigenvalue weighted by atomic mass is 32.1. The smallest absolute Gasteiger partial charge is 0.335 e. The highest BCUT2D eigenvalue weighted by Crippen LogP contribution is 2.39. The lowest BCUT2D eigenvalue weighted by atomic mass is 10.0. The molecule has 1 aromatic carbocycles. The van der Waals surface area contributed by atoms with Gasteiger partial charge in [0, 0.05) is 30.3 Å². The Morgan fingerprint density at radius 3 is 2.63 bits per heavy atom. The van der Waals surface area contributed by atoms with Gasteiger partial charge in [0.25, 0.3) is 0 Å². The molecule has 4 rings (SSSR count). The zero-order valence-corrected chi connectivity index (χ0v) is 17.5. The third-order valence-corrected chi connectivity index (χ3v) is 5.78. The van der Waals surface area contributed by atoms with E-state index >= 15 is 0 Å². The normalized spacial score (nSPS) is 18.4. The lowest BCUT2D eigenvalue weighted by Gasteiger charge is -2.29. The second kappa shape index (κ2) is 8.67. The molecule has 154 valence electrons. The van der Waals surface area contributed by atoms with Gasteiger partial charge in [0.15, 0.2) is 5.11 Å². The molecule has 1 aliphatic heterocycles. The zero-order valence-electron chi connectivity index (χ0n) is 16.7. The summed E-state index contributed by atoms with van der Waals surface area (Å²) in [5.74, 6) is -0.930. The predicted molar refractivity (Wildman–Crippen MR) is 120 cm³/mol. The van der Waals surface area contributed by atoms with Crippen molar-refractivity contribution in [2.24, 2.45) is 0 Å². The first-order valence-corrected chi connectivity index (χ1v) is 10.5. The first-order chi connectivity index (χ1) is 14.6. The third-order valence-electron chi connectivity index (χ3n) is 5.43. The van der Waals surface area contributed by atoms with Crippen molar-refractivity contribution in [3.63, 3.8) is 0 Å². The third kappa shape index (κ3) is 3.80. The number of thiocarbonyl (C=S) groups is 1. The van der Waals surface area contributed by atoms with Gasteiger partial charge in [-0.2, -0.15) is 0 Å². The molecule has 0 spiro atoms. The van der Waals surface area contributed by atoms with E-state index in [9.17, 15) is 9.90 Å². The largest absolute Gasteiger partial charge is 0.478 e. The summed E-state index contributed by atoms with van der Waals surface area (Å²) in [7, 11) is 0. The summed E-state index contributed by atoms with van der Waals surface area (Å²) in [5, 5.41) is 13.4. The Kier molecular flexibility index (Phi) is 5.81. The molecule has 0 saturated carbocycles. The molecule has 1 saturated heterocycles. The van der Waals surface area contributed by atoms with E-state index < -0.39 is 5.97 Å². The average Bonchev–Trinajstić information content (AvgIpc) is 3.37. The van der Waals surface area contributed by atoms with Gasteiger partial charge in [-0.25, -0.2) is 4.79 Å². The number of rotatable bonds is 7. The number of nitrogens with zero attached hydrogens (tertiary/aromatic N) is 3. The maximum Gasteiger partial charge on any atom is 0.335 e. The monoisotopic (exact) mass is 420 g/mol. The van der Waals surface area contributed by atoms with Crippen molar-refractivity contribution in [3.05, 3.63) is 83.9 Å². The van der Waals surface area contributed by atoms with Crippen LogP contribution in [-0.2, 0) is 0 Å². The molecule has 0 aliphatic carbocycles. The molecule has 1 aliphatic rings. The van der Waals surface area contributed by atoms with Gasteiger partial charge in [-0.15, -0.1) is 0 Å². The first kappa shape index (κ1) is 20.1. The fraction of sp³-hybridized carbons (Fsp3) is 0.261. The zero-order chi connectivity index (χ0) is 21.1. The van der Waals surface area contributed by atoms with Crippen LogP contribution in [0.15, 0.2) is 67.0 Å². The number of nitrogens with one attached hydrogen (secondary N) is 1. The first-order valence-electron chi connectivity index (χ1n) is 10.1. The number of unbranched alkanes of at least 4 members (excludes halogenated alkanes) is 1. The Morgan fingerprint density at radius 2 is 1.97 bits per heavy atom. The number of benzene rings is 1. The molecular weight excluding hydrogens is 396 g/mol. The number of carboxylic acid groups (broad SMARTS) is 1. The Labute approximate surface area is 181 Å². The Balaban J connectivity index is 1.76. The molecule has 7 heteroatoms. The molecule has 3 aromatic rings. The Bertz CT molecular complexity index is 1030. The van der Waals surface area contributed by atoms with Crippen LogP contribution in [0.25, 0.3) is 5.69 Å². The second-order valence-corrected chi connectivity index (χ2v) is 7.72. The van der Waals surface area contributed by atoms with Crippen molar-refractivity contribution in [1.29, 1.82) is 0 Å². The summed E-state index contributed by atoms with van der Waals surface area (Å²) in [4.78, 5) is 18.0. The van der Waals surface area contributed by atoms with Crippen molar-refractivity contribution in [2.45, 2.75) is 31.8 Å². The molecule has 2 aromatic heterocycles. The minimum Gasteiger partial charge on any atom is -0.478 e. The maximum absolute atomic E-state index is 11.2. The number of pyridine rings is 1. The van der Waals surface area contributed by atoms with E-state index in [1.807, 2.05) is 42.6 Å². The van der Waals surface area contributed by atoms with Gasteiger partial charge in [0.2, 0.25) is 0 Å². The van der Waals surface area contributed by atoms with E-state index in [0.29, 0.717) is 0 Å². The van der Waals surface area contributed by atoms with Crippen molar-refractivity contribution >= 4 is 23.3 Å². The highest BCUT2D eigenvalue weighted by molar-refractivity contribution is 7.80. The molecule has 0 radical (unpaired) electrons. The molecule has 0 unspecified atom stereocenters. The number of hydrogen-bond acceptors (Lipinski definition) is 3.